The van der Waals surface area contributed by atoms with Crippen LogP contribution in [0, 0.1) is 0 Å². The van der Waals surface area contributed by atoms with Crippen LogP contribution in [0.4, 0.5) is 0 Å². The topological polar surface area (TPSA) is 63.2 Å². The van der Waals surface area contributed by atoms with E-state index in [0.29, 0.717) is 18.5 Å². The fourth-order valence-corrected chi connectivity index (χ4v) is 7.25. The van der Waals surface area contributed by atoms with Crippen molar-refractivity contribution in [3.05, 3.63) is 60.7 Å². The molecule has 3 nitrogen and oxygen atoms in total. The van der Waals surface area contributed by atoms with Gasteiger partial charge in [0.15, 0.2) is 0 Å². The van der Waals surface area contributed by atoms with Crippen LogP contribution in [0.3, 0.4) is 0 Å². The largest absolute Gasteiger partial charge is 1.00 e. The summed E-state index contributed by atoms with van der Waals surface area (Å²) in [5, 5.41) is 2.65. The first-order valence-electron chi connectivity index (χ1n) is 7.97. The molecule has 1 saturated carbocycles. The molecule has 0 bridgehead atoms. The van der Waals surface area contributed by atoms with Gasteiger partial charge in [0.05, 0.1) is 0 Å². The van der Waals surface area contributed by atoms with Crippen LogP contribution >= 0.6 is 15.5 Å². The Hall–Kier alpha value is 1.02. The van der Waals surface area contributed by atoms with Crippen LogP contribution in [0.15, 0.2) is 60.7 Å². The zero-order chi connectivity index (χ0) is 16.3. The molecule has 0 N–H and O–H groups in total. The van der Waals surface area contributed by atoms with Crippen LogP contribution < -0.4 is 79.5 Å². The van der Waals surface area contributed by atoms with Crippen molar-refractivity contribution in [1.82, 2.24) is 0 Å². The van der Waals surface area contributed by atoms with Crippen LogP contribution in [-0.4, -0.2) is 11.3 Å². The van der Waals surface area contributed by atoms with Gasteiger partial charge < -0.3 is 14.4 Å². The van der Waals surface area contributed by atoms with E-state index >= 15 is 0 Å². The van der Waals surface area contributed by atoms with E-state index in [1.165, 1.54) is 10.6 Å². The predicted molar refractivity (Wildman–Crippen MR) is 92.7 cm³/mol. The molecule has 0 amide bonds. The summed E-state index contributed by atoms with van der Waals surface area (Å²) in [6.45, 7) is 0. The van der Waals surface area contributed by atoms with E-state index in [1.807, 2.05) is 12.1 Å². The van der Waals surface area contributed by atoms with Gasteiger partial charge in [-0.3, -0.25) is 0 Å². The zero-order valence-electron chi connectivity index (χ0n) is 14.9. The van der Waals surface area contributed by atoms with E-state index in [2.05, 4.69) is 48.5 Å². The molecule has 0 aliphatic heterocycles. The summed E-state index contributed by atoms with van der Waals surface area (Å²) in [5.41, 5.74) is -0.222. The first kappa shape index (κ1) is 24.1. The Morgan fingerprint density at radius 3 is 1.52 bits per heavy atom. The maximum absolute atomic E-state index is 11.3. The van der Waals surface area contributed by atoms with E-state index in [4.69, 9.17) is 0 Å². The first-order chi connectivity index (χ1) is 11.1. The summed E-state index contributed by atoms with van der Waals surface area (Å²) < 4.78 is 11.3. The van der Waals surface area contributed by atoms with Gasteiger partial charge in [0, 0.05) is 0 Å². The number of hydrogen-bond acceptors (Lipinski definition) is 3. The zero-order valence-corrected chi connectivity index (χ0v) is 20.7. The average molecular weight is 392 g/mol. The van der Waals surface area contributed by atoms with Crippen molar-refractivity contribution in [3.8, 4) is 0 Å². The molecule has 122 valence electrons. The standard InChI is InChI=1S/C18H22O3P2.2Na/c19-23(20,21)18-13-11-17(12-14-18)22(15-7-3-1-4-8-15)16-9-5-2-6-10-16;;/h1-10,17-18H,11-14H2,(H2,19,20,21);;/q;2*+1/p-2. The minimum absolute atomic E-state index is 0. The third kappa shape index (κ3) is 6.54. The van der Waals surface area contributed by atoms with Crippen molar-refractivity contribution in [2.24, 2.45) is 0 Å². The van der Waals surface area contributed by atoms with Crippen molar-refractivity contribution in [1.29, 1.82) is 0 Å². The Labute approximate surface area is 195 Å². The maximum atomic E-state index is 11.3. The summed E-state index contributed by atoms with van der Waals surface area (Å²) in [4.78, 5) is 22.6. The van der Waals surface area contributed by atoms with Crippen molar-refractivity contribution in [2.45, 2.75) is 37.0 Å². The predicted octanol–water partition coefficient (Wildman–Crippen LogP) is -3.65. The molecule has 0 aromatic heterocycles. The molecular formula is C18H20Na2O3P2. The van der Waals surface area contributed by atoms with Gasteiger partial charge in [0.2, 0.25) is 0 Å². The van der Waals surface area contributed by atoms with Crippen LogP contribution in [0.2, 0.25) is 0 Å². The Balaban J connectivity index is 0.00000156. The molecule has 1 aliphatic carbocycles. The third-order valence-electron chi connectivity index (χ3n) is 4.55. The summed E-state index contributed by atoms with van der Waals surface area (Å²) in [7, 11) is -4.95. The molecular weight excluding hydrogens is 372 g/mol. The van der Waals surface area contributed by atoms with Crippen LogP contribution in [0.1, 0.15) is 25.7 Å². The second-order valence-electron chi connectivity index (χ2n) is 6.04. The molecule has 7 heteroatoms. The number of rotatable bonds is 4. The number of hydrogen-bond donors (Lipinski definition) is 0. The third-order valence-corrected chi connectivity index (χ3v) is 8.91. The van der Waals surface area contributed by atoms with Gasteiger partial charge >= 0.3 is 59.1 Å². The molecule has 0 atom stereocenters. The molecule has 2 aromatic rings. The average Bonchev–Trinajstić information content (AvgIpc) is 2.57. The van der Waals surface area contributed by atoms with Crippen molar-refractivity contribution in [2.75, 3.05) is 0 Å². The number of benzene rings is 2. The van der Waals surface area contributed by atoms with Gasteiger partial charge in [-0.1, -0.05) is 68.3 Å². The molecule has 1 fully saturated rings. The fraction of sp³-hybridized carbons (Fsp3) is 0.333. The molecule has 3 rings (SSSR count). The molecule has 0 heterocycles. The van der Waals surface area contributed by atoms with Gasteiger partial charge in [0.25, 0.3) is 0 Å². The Morgan fingerprint density at radius 1 is 0.760 bits per heavy atom. The Kier molecular flexibility index (Phi) is 10.7. The molecule has 0 saturated heterocycles. The second kappa shape index (κ2) is 11.1. The molecule has 0 spiro atoms. The summed E-state index contributed by atoms with van der Waals surface area (Å²) in [6, 6.07) is 20.9. The Morgan fingerprint density at radius 2 is 1.16 bits per heavy atom. The smallest absolute Gasteiger partial charge is 0.811 e. The van der Waals surface area contributed by atoms with Crippen LogP contribution in [-0.2, 0) is 4.57 Å². The minimum atomic E-state index is -4.43. The van der Waals surface area contributed by atoms with E-state index in [0.717, 1.165) is 12.8 Å². The van der Waals surface area contributed by atoms with Crippen molar-refractivity contribution < 1.29 is 73.5 Å². The van der Waals surface area contributed by atoms with E-state index < -0.39 is 21.2 Å². The van der Waals surface area contributed by atoms with Gasteiger partial charge in [0.1, 0.15) is 0 Å². The van der Waals surface area contributed by atoms with Gasteiger partial charge in [-0.05, 0) is 55.5 Å². The monoisotopic (exact) mass is 392 g/mol. The molecule has 0 radical (unpaired) electrons. The van der Waals surface area contributed by atoms with Crippen LogP contribution in [0.25, 0.3) is 0 Å². The van der Waals surface area contributed by atoms with Crippen molar-refractivity contribution >= 4 is 26.1 Å². The van der Waals surface area contributed by atoms with Gasteiger partial charge in [-0.15, -0.1) is 0 Å². The van der Waals surface area contributed by atoms with Crippen LogP contribution in [0.5, 0.6) is 0 Å². The van der Waals surface area contributed by atoms with Crippen molar-refractivity contribution in [3.63, 3.8) is 0 Å². The summed E-state index contributed by atoms with van der Waals surface area (Å²) >= 11 is 0. The summed E-state index contributed by atoms with van der Waals surface area (Å²) in [5.74, 6) is 0. The second-order valence-corrected chi connectivity index (χ2v) is 10.4. The SMILES string of the molecule is O=P([O-])([O-])C1CCC(P(c2ccccc2)c2ccccc2)CC1.[Na+].[Na+]. The molecule has 2 aromatic carbocycles. The molecule has 1 aliphatic rings. The van der Waals surface area contributed by atoms with E-state index in [-0.39, 0.29) is 59.1 Å². The molecule has 25 heavy (non-hydrogen) atoms. The van der Waals surface area contributed by atoms with Gasteiger partial charge in [-0.2, -0.15) is 0 Å². The van der Waals surface area contributed by atoms with Gasteiger partial charge in [-0.25, -0.2) is 0 Å². The van der Waals surface area contributed by atoms with E-state index in [9.17, 15) is 14.4 Å². The fourth-order valence-electron chi connectivity index (χ4n) is 3.38. The summed E-state index contributed by atoms with van der Waals surface area (Å²) in [6.07, 6.45) is 2.64. The van der Waals surface area contributed by atoms with E-state index in [1.54, 1.807) is 0 Å². The quantitative estimate of drug-likeness (QED) is 0.398. The Bertz CT molecular complexity index is 632. The molecule has 0 unspecified atom stereocenters. The normalized spacial score (nSPS) is 20.4. The first-order valence-corrected chi connectivity index (χ1v) is 11.0. The minimum Gasteiger partial charge on any atom is -0.811 e. The maximum Gasteiger partial charge on any atom is 1.00 e.